The lowest BCUT2D eigenvalue weighted by atomic mass is 9.79. The van der Waals surface area contributed by atoms with E-state index in [1.54, 1.807) is 62.6 Å². The summed E-state index contributed by atoms with van der Waals surface area (Å²) in [6.45, 7) is 0.244. The van der Waals surface area contributed by atoms with Crippen molar-refractivity contribution in [2.24, 2.45) is 0 Å². The van der Waals surface area contributed by atoms with E-state index in [1.807, 2.05) is 18.2 Å². The summed E-state index contributed by atoms with van der Waals surface area (Å²) in [4.78, 5) is 28.3. The lowest BCUT2D eigenvalue weighted by Gasteiger charge is -2.40. The van der Waals surface area contributed by atoms with E-state index in [1.165, 1.54) is 12.1 Å². The van der Waals surface area contributed by atoms with Crippen LogP contribution in [-0.2, 0) is 11.3 Å². The number of likely N-dealkylation sites (N-methyl/N-ethyl adjacent to an activating group) is 1. The van der Waals surface area contributed by atoms with Gasteiger partial charge in [-0.05, 0) is 47.0 Å². The molecule has 0 unspecified atom stereocenters. The van der Waals surface area contributed by atoms with E-state index < -0.39 is 12.0 Å². The number of amides is 2. The Hall–Kier alpha value is -3.87. The van der Waals surface area contributed by atoms with Gasteiger partial charge in [0.05, 0.1) is 26.2 Å². The summed E-state index contributed by atoms with van der Waals surface area (Å²) >= 11 is 0. The van der Waals surface area contributed by atoms with Gasteiger partial charge in [-0.2, -0.15) is 0 Å². The lowest BCUT2D eigenvalue weighted by Crippen LogP contribution is -2.45. The minimum Gasteiger partial charge on any atom is -0.493 e. The standard InChI is InChI=1S/C26H25FN2O4/c1-29-24(17-10-13-21(32-2)22(14-17)33-3)23(19-6-4-5-7-20(19)26(29)31)25(30)28-15-16-8-11-18(27)12-9-16/h4-14,23-24H,15H2,1-3H3,(H,28,30)/t23-,24-/m0/s1. The highest BCUT2D eigenvalue weighted by Crippen LogP contribution is 2.44. The van der Waals surface area contributed by atoms with Crippen molar-refractivity contribution >= 4 is 11.8 Å². The maximum Gasteiger partial charge on any atom is 0.254 e. The van der Waals surface area contributed by atoms with E-state index in [9.17, 15) is 14.0 Å². The number of methoxy groups -OCH3 is 2. The van der Waals surface area contributed by atoms with E-state index >= 15 is 0 Å². The predicted molar refractivity (Wildman–Crippen MR) is 122 cm³/mol. The molecule has 0 saturated carbocycles. The number of nitrogens with one attached hydrogen (secondary N) is 1. The molecule has 0 aromatic heterocycles. The Morgan fingerprint density at radius 2 is 1.70 bits per heavy atom. The predicted octanol–water partition coefficient (Wildman–Crippen LogP) is 4.07. The topological polar surface area (TPSA) is 67.9 Å². The second kappa shape index (κ2) is 9.32. The zero-order valence-corrected chi connectivity index (χ0v) is 18.7. The molecule has 1 N–H and O–H groups in total. The van der Waals surface area contributed by atoms with Crippen LogP contribution in [0.25, 0.3) is 0 Å². The van der Waals surface area contributed by atoms with Crippen molar-refractivity contribution in [2.45, 2.75) is 18.5 Å². The third kappa shape index (κ3) is 4.26. The van der Waals surface area contributed by atoms with Gasteiger partial charge in [-0.3, -0.25) is 9.59 Å². The number of nitrogens with zero attached hydrogens (tertiary/aromatic N) is 1. The monoisotopic (exact) mass is 448 g/mol. The van der Waals surface area contributed by atoms with Gasteiger partial charge in [-0.15, -0.1) is 0 Å². The summed E-state index contributed by atoms with van der Waals surface area (Å²) in [5.41, 5.74) is 2.69. The molecule has 0 saturated heterocycles. The maximum absolute atomic E-state index is 13.5. The summed E-state index contributed by atoms with van der Waals surface area (Å²) in [6.07, 6.45) is 0. The first-order chi connectivity index (χ1) is 15.9. The quantitative estimate of drug-likeness (QED) is 0.617. The minimum absolute atomic E-state index is 0.159. The van der Waals surface area contributed by atoms with Gasteiger partial charge in [-0.25, -0.2) is 4.39 Å². The summed E-state index contributed by atoms with van der Waals surface area (Å²) in [6, 6.07) is 18.0. The third-order valence-electron chi connectivity index (χ3n) is 5.99. The van der Waals surface area contributed by atoms with Crippen molar-refractivity contribution in [3.8, 4) is 11.5 Å². The molecular weight excluding hydrogens is 423 g/mol. The highest BCUT2D eigenvalue weighted by molar-refractivity contribution is 6.01. The van der Waals surface area contributed by atoms with Gasteiger partial charge in [0.25, 0.3) is 5.91 Å². The van der Waals surface area contributed by atoms with Gasteiger partial charge in [-0.1, -0.05) is 36.4 Å². The van der Waals surface area contributed by atoms with Crippen LogP contribution in [0, 0.1) is 5.82 Å². The van der Waals surface area contributed by atoms with Gasteiger partial charge in [0.15, 0.2) is 11.5 Å². The average Bonchev–Trinajstić information content (AvgIpc) is 2.85. The van der Waals surface area contributed by atoms with Crippen molar-refractivity contribution in [1.29, 1.82) is 0 Å². The largest absolute Gasteiger partial charge is 0.493 e. The number of carbonyl (C=O) groups excluding carboxylic acids is 2. The van der Waals surface area contributed by atoms with Crippen LogP contribution in [0.1, 0.15) is 39.0 Å². The minimum atomic E-state index is -0.651. The van der Waals surface area contributed by atoms with Crippen LogP contribution in [0.2, 0.25) is 0 Å². The van der Waals surface area contributed by atoms with E-state index in [0.29, 0.717) is 22.6 Å². The van der Waals surface area contributed by atoms with Crippen molar-refractivity contribution in [2.75, 3.05) is 21.3 Å². The molecule has 3 aromatic carbocycles. The van der Waals surface area contributed by atoms with Gasteiger partial charge < -0.3 is 19.7 Å². The second-order valence-electron chi connectivity index (χ2n) is 7.88. The molecule has 4 rings (SSSR count). The van der Waals surface area contributed by atoms with E-state index in [2.05, 4.69) is 5.32 Å². The van der Waals surface area contributed by atoms with Crippen molar-refractivity contribution < 1.29 is 23.5 Å². The van der Waals surface area contributed by atoms with Gasteiger partial charge in [0, 0.05) is 19.2 Å². The molecule has 7 heteroatoms. The van der Waals surface area contributed by atoms with Gasteiger partial charge in [0.1, 0.15) is 5.82 Å². The number of ether oxygens (including phenoxy) is 2. The first-order valence-corrected chi connectivity index (χ1v) is 10.5. The fourth-order valence-electron chi connectivity index (χ4n) is 4.31. The number of hydrogen-bond acceptors (Lipinski definition) is 4. The number of benzene rings is 3. The third-order valence-corrected chi connectivity index (χ3v) is 5.99. The van der Waals surface area contributed by atoms with Crippen LogP contribution in [0.5, 0.6) is 11.5 Å². The van der Waals surface area contributed by atoms with Crippen LogP contribution in [-0.4, -0.2) is 38.0 Å². The molecule has 33 heavy (non-hydrogen) atoms. The fourth-order valence-corrected chi connectivity index (χ4v) is 4.31. The Bertz CT molecular complexity index is 1180. The number of halogens is 1. The molecule has 0 fully saturated rings. The normalized spacial score (nSPS) is 17.3. The Kier molecular flexibility index (Phi) is 6.31. The van der Waals surface area contributed by atoms with Crippen LogP contribution in [0.3, 0.4) is 0 Å². The molecule has 0 radical (unpaired) electrons. The van der Waals surface area contributed by atoms with Crippen molar-refractivity contribution in [3.63, 3.8) is 0 Å². The lowest BCUT2D eigenvalue weighted by molar-refractivity contribution is -0.124. The summed E-state index contributed by atoms with van der Waals surface area (Å²) in [7, 11) is 4.79. The number of rotatable bonds is 6. The highest BCUT2D eigenvalue weighted by Gasteiger charge is 2.42. The van der Waals surface area contributed by atoms with Gasteiger partial charge >= 0.3 is 0 Å². The molecular formula is C26H25FN2O4. The average molecular weight is 448 g/mol. The maximum atomic E-state index is 13.5. The molecule has 1 heterocycles. The fraction of sp³-hybridized carbons (Fsp3) is 0.231. The highest BCUT2D eigenvalue weighted by atomic mass is 19.1. The smallest absolute Gasteiger partial charge is 0.254 e. The second-order valence-corrected chi connectivity index (χ2v) is 7.88. The Balaban J connectivity index is 1.74. The molecule has 1 aliphatic rings. The first-order valence-electron chi connectivity index (χ1n) is 10.5. The zero-order chi connectivity index (χ0) is 23.5. The first kappa shape index (κ1) is 22.3. The van der Waals surface area contributed by atoms with Crippen molar-refractivity contribution in [3.05, 3.63) is 94.8 Å². The molecule has 0 aliphatic carbocycles. The Labute approximate surface area is 191 Å². The number of hydrogen-bond donors (Lipinski definition) is 1. The molecule has 2 amide bonds. The van der Waals surface area contributed by atoms with Crippen LogP contribution in [0.4, 0.5) is 4.39 Å². The molecule has 1 aliphatic heterocycles. The molecule has 170 valence electrons. The summed E-state index contributed by atoms with van der Waals surface area (Å²) < 4.78 is 24.0. The van der Waals surface area contributed by atoms with Crippen LogP contribution >= 0.6 is 0 Å². The van der Waals surface area contributed by atoms with Crippen LogP contribution in [0.15, 0.2) is 66.7 Å². The molecule has 0 spiro atoms. The van der Waals surface area contributed by atoms with E-state index in [0.717, 1.165) is 11.1 Å². The Morgan fingerprint density at radius 1 is 1.00 bits per heavy atom. The molecule has 6 nitrogen and oxygen atoms in total. The summed E-state index contributed by atoms with van der Waals surface area (Å²) in [5, 5.41) is 2.96. The Morgan fingerprint density at radius 3 is 2.39 bits per heavy atom. The van der Waals surface area contributed by atoms with Gasteiger partial charge in [0.2, 0.25) is 5.91 Å². The van der Waals surface area contributed by atoms with E-state index in [4.69, 9.17) is 9.47 Å². The van der Waals surface area contributed by atoms with Crippen molar-refractivity contribution in [1.82, 2.24) is 10.2 Å². The van der Waals surface area contributed by atoms with Crippen LogP contribution < -0.4 is 14.8 Å². The molecule has 3 aromatic rings. The number of fused-ring (bicyclic) bond motifs is 1. The molecule has 2 atom stereocenters. The van der Waals surface area contributed by atoms with E-state index in [-0.39, 0.29) is 24.2 Å². The SMILES string of the molecule is COc1ccc([C@H]2[C@@H](C(=O)NCc3ccc(F)cc3)c3ccccc3C(=O)N2C)cc1OC. The molecule has 0 bridgehead atoms. The zero-order valence-electron chi connectivity index (χ0n) is 18.7. The summed E-state index contributed by atoms with van der Waals surface area (Å²) in [5.74, 6) is -0.301. The number of carbonyl (C=O) groups is 2.